The highest BCUT2D eigenvalue weighted by Crippen LogP contribution is 2.55. The molecule has 6 aromatic rings. The van der Waals surface area contributed by atoms with Crippen molar-refractivity contribution in [1.82, 2.24) is 10.6 Å². The van der Waals surface area contributed by atoms with Crippen LogP contribution in [0.5, 0.6) is 0 Å². The predicted molar refractivity (Wildman–Crippen MR) is 206 cm³/mol. The van der Waals surface area contributed by atoms with Crippen molar-refractivity contribution < 1.29 is 0 Å². The summed E-state index contributed by atoms with van der Waals surface area (Å²) < 4.78 is 0. The molecule has 2 aliphatic heterocycles. The number of rotatable bonds is 3. The van der Waals surface area contributed by atoms with Crippen LogP contribution in [0.15, 0.2) is 169 Å². The van der Waals surface area contributed by atoms with Crippen LogP contribution < -0.4 is 10.6 Å². The molecule has 0 radical (unpaired) electrons. The molecule has 2 N–H and O–H groups in total. The largest absolute Gasteiger partial charge is 0.382 e. The summed E-state index contributed by atoms with van der Waals surface area (Å²) >= 11 is 0. The van der Waals surface area contributed by atoms with Gasteiger partial charge in [-0.25, -0.2) is 0 Å². The maximum atomic E-state index is 3.90. The van der Waals surface area contributed by atoms with Crippen LogP contribution in [-0.4, -0.2) is 12.6 Å². The predicted octanol–water partition coefficient (Wildman–Crippen LogP) is 10.9. The molecule has 0 saturated carbocycles. The summed E-state index contributed by atoms with van der Waals surface area (Å²) in [6.45, 7) is 5.66. The summed E-state index contributed by atoms with van der Waals surface area (Å²) in [5, 5.41) is 12.6. The number of allylic oxidation sites excluding steroid dienone is 5. The Balaban J connectivity index is 1.10. The van der Waals surface area contributed by atoms with Gasteiger partial charge in [0.2, 0.25) is 0 Å². The highest BCUT2D eigenvalue weighted by Gasteiger charge is 2.38. The molecule has 4 aliphatic rings. The first-order chi connectivity index (χ1) is 24.1. The molecule has 0 spiro atoms. The van der Waals surface area contributed by atoms with Gasteiger partial charge in [-0.05, 0) is 95.4 Å². The molecule has 0 amide bonds. The number of dihydropyridines is 2. The van der Waals surface area contributed by atoms with Crippen molar-refractivity contribution in [1.29, 1.82) is 0 Å². The SMILES string of the molecule is CC1(C)c2cc(-c3ccc(C4=CC=C5C=CC6=C(NCC=C6)C5N4)c4ccccc34)ccc2-c2c1cc1ccccc1c2-c1ccccc1. The number of nitrogens with one attached hydrogen (secondary N) is 2. The second kappa shape index (κ2) is 10.6. The van der Waals surface area contributed by atoms with Gasteiger partial charge >= 0.3 is 0 Å². The quantitative estimate of drug-likeness (QED) is 0.204. The first-order valence-corrected chi connectivity index (χ1v) is 17.4. The van der Waals surface area contributed by atoms with Crippen LogP contribution in [0.1, 0.15) is 30.5 Å². The molecular weight excluding hydrogens is 593 g/mol. The minimum Gasteiger partial charge on any atom is -0.382 e. The van der Waals surface area contributed by atoms with E-state index in [4.69, 9.17) is 0 Å². The van der Waals surface area contributed by atoms with Crippen molar-refractivity contribution in [2.75, 3.05) is 6.54 Å². The van der Waals surface area contributed by atoms with E-state index in [9.17, 15) is 0 Å². The van der Waals surface area contributed by atoms with Crippen LogP contribution in [0.25, 0.3) is 60.6 Å². The summed E-state index contributed by atoms with van der Waals surface area (Å²) in [6.07, 6.45) is 13.4. The topological polar surface area (TPSA) is 24.1 Å². The van der Waals surface area contributed by atoms with Gasteiger partial charge in [-0.15, -0.1) is 0 Å². The van der Waals surface area contributed by atoms with Gasteiger partial charge in [0, 0.05) is 28.9 Å². The van der Waals surface area contributed by atoms with E-state index in [1.807, 2.05) is 0 Å². The van der Waals surface area contributed by atoms with E-state index < -0.39 is 0 Å². The Morgan fingerprint density at radius 1 is 0.592 bits per heavy atom. The number of fused-ring (bicyclic) bond motifs is 7. The standard InChI is InChI=1S/C47H36N2/c1-47(2)40-27-33(20-22-39(40)44-41(47)28-32-13-6-7-15-35(32)43(44)29-11-4-3-5-12-29)34-23-24-38(37-17-9-8-16-36(34)37)42-25-21-31-19-18-30-14-10-26-48-45(30)46(31)49-42/h3-25,27-28,46,48-49H,26H2,1-2H3. The molecule has 0 saturated heterocycles. The average molecular weight is 629 g/mol. The molecule has 6 aromatic carbocycles. The third-order valence-electron chi connectivity index (χ3n) is 11.1. The molecule has 234 valence electrons. The van der Waals surface area contributed by atoms with Crippen LogP contribution in [0, 0.1) is 0 Å². The lowest BCUT2D eigenvalue weighted by molar-refractivity contribution is 0.661. The fourth-order valence-electron chi connectivity index (χ4n) is 8.67. The molecule has 2 heteroatoms. The van der Waals surface area contributed by atoms with Crippen LogP contribution in [0.3, 0.4) is 0 Å². The van der Waals surface area contributed by atoms with Crippen LogP contribution >= 0.6 is 0 Å². The molecule has 0 fully saturated rings. The van der Waals surface area contributed by atoms with Gasteiger partial charge in [0.25, 0.3) is 0 Å². The summed E-state index contributed by atoms with van der Waals surface area (Å²) in [5.41, 5.74) is 16.7. The summed E-state index contributed by atoms with van der Waals surface area (Å²) in [4.78, 5) is 0. The van der Waals surface area contributed by atoms with Crippen molar-refractivity contribution in [3.8, 4) is 33.4 Å². The summed E-state index contributed by atoms with van der Waals surface area (Å²) in [5.74, 6) is 0. The summed E-state index contributed by atoms with van der Waals surface area (Å²) in [7, 11) is 0. The van der Waals surface area contributed by atoms with Crippen LogP contribution in [-0.2, 0) is 5.41 Å². The molecule has 2 heterocycles. The molecule has 10 rings (SSSR count). The number of benzene rings is 6. The minimum absolute atomic E-state index is 0.126. The van der Waals surface area contributed by atoms with Gasteiger partial charge in [0.05, 0.1) is 6.04 Å². The minimum atomic E-state index is -0.144. The van der Waals surface area contributed by atoms with Gasteiger partial charge < -0.3 is 10.6 Å². The highest BCUT2D eigenvalue weighted by atomic mass is 15.0. The molecule has 49 heavy (non-hydrogen) atoms. The average Bonchev–Trinajstić information content (AvgIpc) is 3.38. The lowest BCUT2D eigenvalue weighted by atomic mass is 9.80. The van der Waals surface area contributed by atoms with E-state index in [2.05, 4.69) is 176 Å². The van der Waals surface area contributed by atoms with E-state index in [0.29, 0.717) is 0 Å². The van der Waals surface area contributed by atoms with Crippen molar-refractivity contribution in [2.45, 2.75) is 25.3 Å². The van der Waals surface area contributed by atoms with E-state index >= 15 is 0 Å². The van der Waals surface area contributed by atoms with Crippen molar-refractivity contribution in [3.05, 3.63) is 185 Å². The molecular formula is C47H36N2. The first kappa shape index (κ1) is 28.2. The Bertz CT molecular complexity index is 2540. The lowest BCUT2D eigenvalue weighted by Crippen LogP contribution is -2.41. The Labute approximate surface area is 287 Å². The molecule has 1 atom stereocenters. The zero-order valence-electron chi connectivity index (χ0n) is 27.7. The fourth-order valence-corrected chi connectivity index (χ4v) is 8.67. The summed E-state index contributed by atoms with van der Waals surface area (Å²) in [6, 6.07) is 43.1. The second-order valence-electron chi connectivity index (χ2n) is 14.2. The lowest BCUT2D eigenvalue weighted by Gasteiger charge is -2.34. The van der Waals surface area contributed by atoms with E-state index in [1.165, 1.54) is 88.5 Å². The van der Waals surface area contributed by atoms with Gasteiger partial charge in [0.1, 0.15) is 0 Å². The second-order valence-corrected chi connectivity index (χ2v) is 14.2. The smallest absolute Gasteiger partial charge is 0.0920 e. The first-order valence-electron chi connectivity index (χ1n) is 17.4. The molecule has 0 bridgehead atoms. The van der Waals surface area contributed by atoms with Gasteiger partial charge in [-0.3, -0.25) is 0 Å². The maximum Gasteiger partial charge on any atom is 0.0920 e. The Morgan fingerprint density at radius 2 is 1.33 bits per heavy atom. The van der Waals surface area contributed by atoms with Gasteiger partial charge in [0.15, 0.2) is 0 Å². The zero-order valence-corrected chi connectivity index (χ0v) is 27.7. The Hall–Kier alpha value is -5.86. The third kappa shape index (κ3) is 4.20. The number of hydrogen-bond acceptors (Lipinski definition) is 2. The monoisotopic (exact) mass is 628 g/mol. The maximum absolute atomic E-state index is 3.90. The molecule has 0 aromatic heterocycles. The third-order valence-corrected chi connectivity index (χ3v) is 11.1. The van der Waals surface area contributed by atoms with Crippen molar-refractivity contribution in [3.63, 3.8) is 0 Å². The normalized spacial score (nSPS) is 18.2. The van der Waals surface area contributed by atoms with E-state index in [1.54, 1.807) is 0 Å². The van der Waals surface area contributed by atoms with Crippen LogP contribution in [0.2, 0.25) is 0 Å². The van der Waals surface area contributed by atoms with Crippen molar-refractivity contribution >= 4 is 27.2 Å². The molecule has 2 nitrogen and oxygen atoms in total. The van der Waals surface area contributed by atoms with Crippen LogP contribution in [0.4, 0.5) is 0 Å². The van der Waals surface area contributed by atoms with E-state index in [0.717, 1.165) is 12.2 Å². The Morgan fingerprint density at radius 3 is 2.18 bits per heavy atom. The molecule has 1 unspecified atom stereocenters. The molecule has 2 aliphatic carbocycles. The van der Waals surface area contributed by atoms with Crippen molar-refractivity contribution in [2.24, 2.45) is 0 Å². The Kier molecular flexibility index (Phi) is 6.08. The fraction of sp³-hybridized carbons (Fsp3) is 0.106. The number of hydrogen-bond donors (Lipinski definition) is 2. The van der Waals surface area contributed by atoms with Gasteiger partial charge in [-0.1, -0.05) is 147 Å². The zero-order chi connectivity index (χ0) is 32.7. The van der Waals surface area contributed by atoms with Gasteiger partial charge in [-0.2, -0.15) is 0 Å². The van der Waals surface area contributed by atoms with E-state index in [-0.39, 0.29) is 11.5 Å². The highest BCUT2D eigenvalue weighted by molar-refractivity contribution is 6.09.